The van der Waals surface area contributed by atoms with Crippen molar-refractivity contribution in [2.75, 3.05) is 0 Å². The van der Waals surface area contributed by atoms with Gasteiger partial charge in [0.15, 0.2) is 0 Å². The summed E-state index contributed by atoms with van der Waals surface area (Å²) in [4.78, 5) is 11.5. The lowest BCUT2D eigenvalue weighted by molar-refractivity contribution is -0.137. The first-order valence-electron chi connectivity index (χ1n) is 6.28. The Balaban J connectivity index is 2.38. The molecule has 19 heavy (non-hydrogen) atoms. The number of Topliss-reactive ketones (excluding diaryl/α,β-unsaturated/α-hetero) is 1. The Hall–Kier alpha value is -1.33. The first kappa shape index (κ1) is 15.7. The van der Waals surface area contributed by atoms with E-state index < -0.39 is 12.6 Å². The van der Waals surface area contributed by atoms with Gasteiger partial charge in [-0.2, -0.15) is 18.3 Å². The lowest BCUT2D eigenvalue weighted by Crippen LogP contribution is -2.09. The first-order valence-corrected chi connectivity index (χ1v) is 6.28. The summed E-state index contributed by atoms with van der Waals surface area (Å²) in [7, 11) is 1.83. The molecule has 0 unspecified atom stereocenters. The van der Waals surface area contributed by atoms with Crippen LogP contribution in [0.1, 0.15) is 42.6 Å². The number of carbonyl (C=O) groups is 1. The Labute approximate surface area is 110 Å². The molecule has 1 heterocycles. The Morgan fingerprint density at radius 1 is 1.26 bits per heavy atom. The van der Waals surface area contributed by atoms with Gasteiger partial charge in [0.2, 0.25) is 0 Å². The molecule has 0 saturated carbocycles. The van der Waals surface area contributed by atoms with Crippen LogP contribution >= 0.6 is 0 Å². The minimum absolute atomic E-state index is 0.00212. The first-order chi connectivity index (χ1) is 8.70. The molecule has 0 amide bonds. The molecule has 0 atom stereocenters. The van der Waals surface area contributed by atoms with Crippen LogP contribution in [0.3, 0.4) is 0 Å². The molecule has 3 nitrogen and oxygen atoms in total. The maximum absolute atomic E-state index is 11.9. The van der Waals surface area contributed by atoms with Crippen LogP contribution in [0.4, 0.5) is 13.2 Å². The van der Waals surface area contributed by atoms with Crippen LogP contribution in [0.2, 0.25) is 0 Å². The third kappa shape index (κ3) is 5.04. The van der Waals surface area contributed by atoms with E-state index in [0.717, 1.165) is 17.0 Å². The zero-order chi connectivity index (χ0) is 14.6. The molecule has 0 aromatic carbocycles. The standard InChI is InChI=1S/C13H19F3N2O/c1-9-12(10(2)18(3)17-9)7-6-11(19)5-4-8-13(14,15)16/h4-8H2,1-3H3. The molecule has 0 aliphatic carbocycles. The van der Waals surface area contributed by atoms with E-state index in [2.05, 4.69) is 5.10 Å². The predicted molar refractivity (Wildman–Crippen MR) is 65.9 cm³/mol. The van der Waals surface area contributed by atoms with E-state index in [9.17, 15) is 18.0 Å². The molecule has 108 valence electrons. The van der Waals surface area contributed by atoms with Crippen LogP contribution in [0, 0.1) is 13.8 Å². The monoisotopic (exact) mass is 276 g/mol. The molecule has 6 heteroatoms. The summed E-state index contributed by atoms with van der Waals surface area (Å²) in [5.41, 5.74) is 2.90. The predicted octanol–water partition coefficient (Wildman–Crippen LogP) is 3.27. The zero-order valence-corrected chi connectivity index (χ0v) is 11.5. The van der Waals surface area contributed by atoms with E-state index in [4.69, 9.17) is 0 Å². The summed E-state index contributed by atoms with van der Waals surface area (Å²) in [5, 5.41) is 4.24. The summed E-state index contributed by atoms with van der Waals surface area (Å²) in [6, 6.07) is 0. The number of hydrogen-bond donors (Lipinski definition) is 0. The van der Waals surface area contributed by atoms with Crippen molar-refractivity contribution < 1.29 is 18.0 Å². The maximum Gasteiger partial charge on any atom is 0.389 e. The van der Waals surface area contributed by atoms with E-state index in [1.807, 2.05) is 20.9 Å². The molecule has 0 radical (unpaired) electrons. The molecule has 0 fully saturated rings. The second kappa shape index (κ2) is 6.21. The summed E-state index contributed by atoms with van der Waals surface area (Å²) >= 11 is 0. The van der Waals surface area contributed by atoms with Gasteiger partial charge < -0.3 is 0 Å². The minimum atomic E-state index is -4.17. The van der Waals surface area contributed by atoms with Gasteiger partial charge in [0.05, 0.1) is 5.69 Å². The highest BCUT2D eigenvalue weighted by Gasteiger charge is 2.26. The van der Waals surface area contributed by atoms with Gasteiger partial charge in [0.25, 0.3) is 0 Å². The molecule has 1 aromatic rings. The fraction of sp³-hybridized carbons (Fsp3) is 0.692. The number of nitrogens with zero attached hydrogens (tertiary/aromatic N) is 2. The molecule has 0 spiro atoms. The van der Waals surface area contributed by atoms with Crippen molar-refractivity contribution in [3.63, 3.8) is 0 Å². The van der Waals surface area contributed by atoms with Gasteiger partial charge in [-0.15, -0.1) is 0 Å². The lowest BCUT2D eigenvalue weighted by atomic mass is 10.0. The number of hydrogen-bond acceptors (Lipinski definition) is 2. The average Bonchev–Trinajstić information content (AvgIpc) is 2.49. The Bertz CT molecular complexity index is 449. The second-order valence-corrected chi connectivity index (χ2v) is 4.78. The molecule has 1 aromatic heterocycles. The third-order valence-corrected chi connectivity index (χ3v) is 3.23. The van der Waals surface area contributed by atoms with E-state index in [-0.39, 0.29) is 25.0 Å². The van der Waals surface area contributed by atoms with Crippen molar-refractivity contribution >= 4 is 5.78 Å². The van der Waals surface area contributed by atoms with Gasteiger partial charge in [0.1, 0.15) is 5.78 Å². The van der Waals surface area contributed by atoms with E-state index in [1.165, 1.54) is 0 Å². The molecular formula is C13H19F3N2O. The third-order valence-electron chi connectivity index (χ3n) is 3.23. The number of rotatable bonds is 6. The second-order valence-electron chi connectivity index (χ2n) is 4.78. The highest BCUT2D eigenvalue weighted by Crippen LogP contribution is 2.22. The van der Waals surface area contributed by atoms with E-state index in [0.29, 0.717) is 6.42 Å². The van der Waals surface area contributed by atoms with E-state index >= 15 is 0 Å². The summed E-state index contributed by atoms with van der Waals surface area (Å²) in [6.45, 7) is 3.79. The van der Waals surface area contributed by atoms with Crippen molar-refractivity contribution in [2.45, 2.75) is 52.1 Å². The number of aryl methyl sites for hydroxylation is 2. The molecule has 0 saturated heterocycles. The highest BCUT2D eigenvalue weighted by molar-refractivity contribution is 5.78. The molecule has 1 rings (SSSR count). The SMILES string of the molecule is Cc1nn(C)c(C)c1CCC(=O)CCCC(F)(F)F. The Morgan fingerprint density at radius 3 is 2.37 bits per heavy atom. The van der Waals surface area contributed by atoms with Crippen molar-refractivity contribution in [2.24, 2.45) is 7.05 Å². The summed E-state index contributed by atoms with van der Waals surface area (Å²) < 4.78 is 37.6. The molecule has 0 bridgehead atoms. The number of carbonyl (C=O) groups excluding carboxylic acids is 1. The van der Waals surface area contributed by atoms with Gasteiger partial charge in [-0.05, 0) is 32.3 Å². The number of halogens is 3. The van der Waals surface area contributed by atoms with Crippen LogP contribution in [0.5, 0.6) is 0 Å². The van der Waals surface area contributed by atoms with Crippen LogP contribution in [-0.2, 0) is 18.3 Å². The van der Waals surface area contributed by atoms with Gasteiger partial charge in [-0.1, -0.05) is 0 Å². The van der Waals surface area contributed by atoms with Gasteiger partial charge in [-0.25, -0.2) is 0 Å². The Morgan fingerprint density at radius 2 is 1.89 bits per heavy atom. The number of alkyl halides is 3. The minimum Gasteiger partial charge on any atom is -0.300 e. The molecule has 0 N–H and O–H groups in total. The fourth-order valence-electron chi connectivity index (χ4n) is 2.05. The molecule has 0 aliphatic rings. The van der Waals surface area contributed by atoms with Crippen LogP contribution in [0.15, 0.2) is 0 Å². The van der Waals surface area contributed by atoms with Crippen LogP contribution < -0.4 is 0 Å². The quantitative estimate of drug-likeness (QED) is 0.799. The zero-order valence-electron chi connectivity index (χ0n) is 11.5. The topological polar surface area (TPSA) is 34.9 Å². The van der Waals surface area contributed by atoms with E-state index in [1.54, 1.807) is 4.68 Å². The van der Waals surface area contributed by atoms with Gasteiger partial charge >= 0.3 is 6.18 Å². The summed E-state index contributed by atoms with van der Waals surface area (Å²) in [6.07, 6.45) is -4.34. The maximum atomic E-state index is 11.9. The molecule has 0 aliphatic heterocycles. The van der Waals surface area contributed by atoms with Crippen molar-refractivity contribution in [1.82, 2.24) is 9.78 Å². The lowest BCUT2D eigenvalue weighted by Gasteiger charge is -2.05. The van der Waals surface area contributed by atoms with Crippen molar-refractivity contribution in [1.29, 1.82) is 0 Å². The van der Waals surface area contributed by atoms with Crippen molar-refractivity contribution in [3.8, 4) is 0 Å². The molecular weight excluding hydrogens is 257 g/mol. The normalized spacial score (nSPS) is 11.9. The van der Waals surface area contributed by atoms with Gasteiger partial charge in [0, 0.05) is 32.0 Å². The smallest absolute Gasteiger partial charge is 0.300 e. The Kier molecular flexibility index (Phi) is 5.14. The fourth-order valence-corrected chi connectivity index (χ4v) is 2.05. The van der Waals surface area contributed by atoms with Crippen LogP contribution in [-0.4, -0.2) is 21.7 Å². The van der Waals surface area contributed by atoms with Crippen molar-refractivity contribution in [3.05, 3.63) is 17.0 Å². The average molecular weight is 276 g/mol. The van der Waals surface area contributed by atoms with Crippen LogP contribution in [0.25, 0.3) is 0 Å². The highest BCUT2D eigenvalue weighted by atomic mass is 19.4. The van der Waals surface area contributed by atoms with Gasteiger partial charge in [-0.3, -0.25) is 9.48 Å². The summed E-state index contributed by atoms with van der Waals surface area (Å²) in [5.74, 6) is -0.119. The number of ketones is 1. The largest absolute Gasteiger partial charge is 0.389 e. The number of aromatic nitrogens is 2.